The fourth-order valence-electron chi connectivity index (χ4n) is 1.48. The molecule has 0 radical (unpaired) electrons. The molecular weight excluding hydrogens is 246 g/mol. The van der Waals surface area contributed by atoms with Crippen LogP contribution < -0.4 is 5.32 Å². The molecule has 2 heterocycles. The molecule has 4 nitrogen and oxygen atoms in total. The van der Waals surface area contributed by atoms with Crippen molar-refractivity contribution in [2.75, 3.05) is 0 Å². The summed E-state index contributed by atoms with van der Waals surface area (Å²) in [7, 11) is 0. The highest BCUT2D eigenvalue weighted by molar-refractivity contribution is 7.11. The summed E-state index contributed by atoms with van der Waals surface area (Å²) in [6.07, 6.45) is 4.12. The van der Waals surface area contributed by atoms with E-state index in [-0.39, 0.29) is 5.91 Å². The van der Waals surface area contributed by atoms with Crippen molar-refractivity contribution >= 4 is 17.2 Å². The van der Waals surface area contributed by atoms with Crippen LogP contribution in [0.15, 0.2) is 24.5 Å². The van der Waals surface area contributed by atoms with Gasteiger partial charge in [-0.15, -0.1) is 11.3 Å². The Morgan fingerprint density at radius 3 is 2.67 bits per heavy atom. The minimum absolute atomic E-state index is 0.186. The third-order valence-electron chi connectivity index (χ3n) is 2.50. The van der Waals surface area contributed by atoms with Gasteiger partial charge in [0.15, 0.2) is 0 Å². The Balaban J connectivity index is 1.93. The number of thiophene rings is 1. The van der Waals surface area contributed by atoms with E-state index in [4.69, 9.17) is 0 Å². The number of nitrogens with zero attached hydrogens (tertiary/aromatic N) is 2. The van der Waals surface area contributed by atoms with E-state index in [9.17, 15) is 4.79 Å². The van der Waals surface area contributed by atoms with Crippen molar-refractivity contribution in [2.45, 2.75) is 26.8 Å². The molecule has 2 aromatic rings. The van der Waals surface area contributed by atoms with Crippen LogP contribution in [0.4, 0.5) is 0 Å². The van der Waals surface area contributed by atoms with Gasteiger partial charge in [-0.2, -0.15) is 0 Å². The Hall–Kier alpha value is -1.75. The lowest BCUT2D eigenvalue weighted by atomic mass is 10.3. The van der Waals surface area contributed by atoms with Crippen LogP contribution >= 0.6 is 11.3 Å². The van der Waals surface area contributed by atoms with Crippen LogP contribution in [-0.2, 0) is 13.0 Å². The predicted octanol–water partition coefficient (Wildman–Crippen LogP) is 2.34. The summed E-state index contributed by atoms with van der Waals surface area (Å²) in [6.45, 7) is 4.50. The molecule has 1 N–H and O–H groups in total. The van der Waals surface area contributed by atoms with Crippen molar-refractivity contribution in [3.8, 4) is 0 Å². The molecule has 0 saturated carbocycles. The van der Waals surface area contributed by atoms with Gasteiger partial charge in [-0.1, -0.05) is 6.92 Å². The predicted molar refractivity (Wildman–Crippen MR) is 71.6 cm³/mol. The number of hydrogen-bond acceptors (Lipinski definition) is 4. The maximum Gasteiger partial charge on any atom is 0.271 e. The molecule has 18 heavy (non-hydrogen) atoms. The lowest BCUT2D eigenvalue weighted by molar-refractivity contribution is 0.0946. The topological polar surface area (TPSA) is 54.9 Å². The SMILES string of the molecule is CCc1ccc(CNC(=O)c2cnc(C)cn2)s1. The molecule has 2 aromatic heterocycles. The monoisotopic (exact) mass is 261 g/mol. The minimum atomic E-state index is -0.186. The highest BCUT2D eigenvalue weighted by Gasteiger charge is 2.07. The molecule has 0 aliphatic rings. The summed E-state index contributed by atoms with van der Waals surface area (Å²) in [4.78, 5) is 22.4. The smallest absolute Gasteiger partial charge is 0.271 e. The molecular formula is C13H15N3OS. The molecule has 0 bridgehead atoms. The molecule has 5 heteroatoms. The zero-order valence-electron chi connectivity index (χ0n) is 10.4. The average molecular weight is 261 g/mol. The van der Waals surface area contributed by atoms with E-state index in [1.54, 1.807) is 17.5 Å². The standard InChI is InChI=1S/C13H15N3OS/c1-3-10-4-5-11(18-10)7-16-13(17)12-8-14-9(2)6-15-12/h4-6,8H,3,7H2,1-2H3,(H,16,17). The lowest BCUT2D eigenvalue weighted by Crippen LogP contribution is -2.23. The second-order valence-corrected chi connectivity index (χ2v) is 5.20. The number of carbonyl (C=O) groups excluding carboxylic acids is 1. The maximum atomic E-state index is 11.8. The zero-order chi connectivity index (χ0) is 13.0. The van der Waals surface area contributed by atoms with Crippen LogP contribution in [0.5, 0.6) is 0 Å². The van der Waals surface area contributed by atoms with Crippen molar-refractivity contribution < 1.29 is 4.79 Å². The summed E-state index contributed by atoms with van der Waals surface area (Å²) in [5.41, 5.74) is 1.16. The Bertz CT molecular complexity index is 533. The summed E-state index contributed by atoms with van der Waals surface area (Å²) in [6, 6.07) is 4.14. The number of nitrogens with one attached hydrogen (secondary N) is 1. The van der Waals surface area contributed by atoms with Gasteiger partial charge in [-0.25, -0.2) is 4.98 Å². The first-order valence-electron chi connectivity index (χ1n) is 5.83. The van der Waals surface area contributed by atoms with Gasteiger partial charge >= 0.3 is 0 Å². The average Bonchev–Trinajstić information content (AvgIpc) is 2.85. The van der Waals surface area contributed by atoms with Crippen molar-refractivity contribution in [1.29, 1.82) is 0 Å². The van der Waals surface area contributed by atoms with Gasteiger partial charge in [0, 0.05) is 16.0 Å². The molecule has 0 unspecified atom stereocenters. The van der Waals surface area contributed by atoms with E-state index in [1.807, 2.05) is 13.0 Å². The van der Waals surface area contributed by atoms with E-state index >= 15 is 0 Å². The molecule has 0 aromatic carbocycles. The Morgan fingerprint density at radius 2 is 2.06 bits per heavy atom. The third-order valence-corrected chi connectivity index (χ3v) is 3.73. The molecule has 2 rings (SSSR count). The number of hydrogen-bond donors (Lipinski definition) is 1. The Labute approximate surface area is 110 Å². The first kappa shape index (κ1) is 12.7. The van der Waals surface area contributed by atoms with Crippen molar-refractivity contribution in [3.05, 3.63) is 45.7 Å². The summed E-state index contributed by atoms with van der Waals surface area (Å²) in [5.74, 6) is -0.186. The van der Waals surface area contributed by atoms with Crippen LogP contribution in [-0.4, -0.2) is 15.9 Å². The number of rotatable bonds is 4. The number of aromatic nitrogens is 2. The van der Waals surface area contributed by atoms with Gasteiger partial charge in [-0.3, -0.25) is 9.78 Å². The molecule has 0 aliphatic heterocycles. The summed E-state index contributed by atoms with van der Waals surface area (Å²) in [5, 5.41) is 2.84. The first-order chi connectivity index (χ1) is 8.69. The van der Waals surface area contributed by atoms with E-state index in [2.05, 4.69) is 28.3 Å². The fraction of sp³-hybridized carbons (Fsp3) is 0.308. The largest absolute Gasteiger partial charge is 0.346 e. The van der Waals surface area contributed by atoms with Gasteiger partial charge in [-0.05, 0) is 25.5 Å². The molecule has 0 fully saturated rings. The third kappa shape index (κ3) is 3.13. The van der Waals surface area contributed by atoms with E-state index < -0.39 is 0 Å². The molecule has 0 aliphatic carbocycles. The Kier molecular flexibility index (Phi) is 4.04. The van der Waals surface area contributed by atoms with Gasteiger partial charge in [0.2, 0.25) is 0 Å². The van der Waals surface area contributed by atoms with Crippen molar-refractivity contribution in [1.82, 2.24) is 15.3 Å². The summed E-state index contributed by atoms with van der Waals surface area (Å²) < 4.78 is 0. The molecule has 94 valence electrons. The van der Waals surface area contributed by atoms with E-state index in [1.165, 1.54) is 11.1 Å². The quantitative estimate of drug-likeness (QED) is 0.919. The second-order valence-electron chi connectivity index (χ2n) is 3.95. The number of aryl methyl sites for hydroxylation is 2. The van der Waals surface area contributed by atoms with E-state index in [0.717, 1.165) is 17.0 Å². The van der Waals surface area contributed by atoms with Crippen LogP contribution in [0.3, 0.4) is 0 Å². The Morgan fingerprint density at radius 1 is 1.28 bits per heavy atom. The van der Waals surface area contributed by atoms with Gasteiger partial charge in [0.25, 0.3) is 5.91 Å². The summed E-state index contributed by atoms with van der Waals surface area (Å²) >= 11 is 1.72. The lowest BCUT2D eigenvalue weighted by Gasteiger charge is -2.02. The fourth-order valence-corrected chi connectivity index (χ4v) is 2.37. The molecule has 0 saturated heterocycles. The number of carbonyl (C=O) groups is 1. The van der Waals surface area contributed by atoms with E-state index in [0.29, 0.717) is 12.2 Å². The normalized spacial score (nSPS) is 10.3. The second kappa shape index (κ2) is 5.73. The minimum Gasteiger partial charge on any atom is -0.346 e. The van der Waals surface area contributed by atoms with Crippen LogP contribution in [0, 0.1) is 6.92 Å². The first-order valence-corrected chi connectivity index (χ1v) is 6.65. The molecule has 0 atom stereocenters. The van der Waals surface area contributed by atoms with Crippen molar-refractivity contribution in [2.24, 2.45) is 0 Å². The van der Waals surface area contributed by atoms with Gasteiger partial charge in [0.05, 0.1) is 18.4 Å². The van der Waals surface area contributed by atoms with Crippen LogP contribution in [0.25, 0.3) is 0 Å². The molecule has 1 amide bonds. The molecule has 0 spiro atoms. The van der Waals surface area contributed by atoms with Gasteiger partial charge < -0.3 is 5.32 Å². The van der Waals surface area contributed by atoms with Gasteiger partial charge in [0.1, 0.15) is 5.69 Å². The number of amides is 1. The zero-order valence-corrected chi connectivity index (χ0v) is 11.3. The van der Waals surface area contributed by atoms with Crippen LogP contribution in [0.1, 0.15) is 32.9 Å². The highest BCUT2D eigenvalue weighted by atomic mass is 32.1. The van der Waals surface area contributed by atoms with Crippen LogP contribution in [0.2, 0.25) is 0 Å². The van der Waals surface area contributed by atoms with Crippen molar-refractivity contribution in [3.63, 3.8) is 0 Å². The highest BCUT2D eigenvalue weighted by Crippen LogP contribution is 2.16. The maximum absolute atomic E-state index is 11.8.